The molecule has 0 atom stereocenters. The SMILES string of the molecule is Cc1[nH]n(-c2nc3ccccc3s2)c(=O)c1C(c1cccc(C(c2c(C)[nH]n(-c3nc4ccccc4s3)c2=O)c2c(C)[nH]n(-c3nc4ccccc4s3)c2=O)c1)c1c(C)[nH]n(-c2nc3ccccc3s2)c1=O. The van der Waals surface area contributed by atoms with E-state index in [9.17, 15) is 0 Å². The number of thiazole rings is 4. The summed E-state index contributed by atoms with van der Waals surface area (Å²) in [4.78, 5) is 79.9. The molecule has 20 heteroatoms. The molecule has 16 nitrogen and oxygen atoms in total. The van der Waals surface area contributed by atoms with Crippen molar-refractivity contribution >= 4 is 86.2 Å². The predicted octanol–water partition coefficient (Wildman–Crippen LogP) is 9.64. The van der Waals surface area contributed by atoms with Crippen LogP contribution in [0.2, 0.25) is 0 Å². The standard InChI is InChI=1S/C52H38N12O4S4/c1-25-39(45(65)61(57-25)49-53-31-16-5-9-20-35(31)69-49)43(40-26(2)58-62(46(40)66)50-54-32-17-6-10-21-36(32)70-50)29-14-13-15-30(24-29)44(41-27(3)59-63(47(41)67)51-55-33-18-7-11-22-37(33)71-51)42-28(4)60-64(48(42)68)52-56-34-19-8-12-23-38(34)72-52/h5-24,43-44,57-60H,1-4H3. The first kappa shape index (κ1) is 43.7. The maximum atomic E-state index is 15.2. The van der Waals surface area contributed by atoms with E-state index in [-0.39, 0.29) is 22.2 Å². The number of para-hydroxylation sites is 4. The van der Waals surface area contributed by atoms with Gasteiger partial charge in [-0.3, -0.25) is 39.6 Å². The number of hydrogen-bond donors (Lipinski definition) is 4. The number of nitrogens with one attached hydrogen (secondary N) is 4. The molecule has 0 radical (unpaired) electrons. The Morgan fingerprint density at radius 3 is 0.861 bits per heavy atom. The van der Waals surface area contributed by atoms with E-state index in [1.807, 2.05) is 149 Å². The maximum absolute atomic E-state index is 15.2. The monoisotopic (exact) mass is 1020 g/mol. The van der Waals surface area contributed by atoms with Gasteiger partial charge in [0.15, 0.2) is 0 Å². The highest BCUT2D eigenvalue weighted by Gasteiger charge is 2.35. The molecule has 72 heavy (non-hydrogen) atoms. The van der Waals surface area contributed by atoms with Crippen molar-refractivity contribution in [1.82, 2.24) is 59.1 Å². The minimum atomic E-state index is -0.970. The largest absolute Gasteiger partial charge is 0.293 e. The Hall–Kier alpha value is -8.30. The van der Waals surface area contributed by atoms with Gasteiger partial charge in [0.2, 0.25) is 20.5 Å². The van der Waals surface area contributed by atoms with Crippen molar-refractivity contribution in [2.45, 2.75) is 39.5 Å². The summed E-state index contributed by atoms with van der Waals surface area (Å²) in [5.41, 5.74) is 6.01. The molecule has 0 spiro atoms. The topological polar surface area (TPSA) is 203 Å². The van der Waals surface area contributed by atoms with Crippen LogP contribution in [0.25, 0.3) is 61.4 Å². The molecule has 0 aliphatic rings. The highest BCUT2D eigenvalue weighted by atomic mass is 32.1. The fourth-order valence-corrected chi connectivity index (χ4v) is 13.5. The summed E-state index contributed by atoms with van der Waals surface area (Å²) in [5.74, 6) is -1.94. The van der Waals surface area contributed by atoms with Crippen LogP contribution in [0.4, 0.5) is 0 Å². The zero-order chi connectivity index (χ0) is 49.1. The fourth-order valence-electron chi connectivity index (χ4n) is 9.83. The van der Waals surface area contributed by atoms with Crippen molar-refractivity contribution in [2.75, 3.05) is 0 Å². The third-order valence-corrected chi connectivity index (χ3v) is 17.2. The van der Waals surface area contributed by atoms with Crippen LogP contribution in [-0.2, 0) is 0 Å². The Morgan fingerprint density at radius 1 is 0.361 bits per heavy atom. The molecule has 0 aliphatic heterocycles. The average Bonchev–Trinajstić information content (AvgIpc) is 4.27. The summed E-state index contributed by atoms with van der Waals surface area (Å²) < 4.78 is 9.38. The molecule has 5 aromatic carbocycles. The quantitative estimate of drug-likeness (QED) is 0.104. The van der Waals surface area contributed by atoms with Crippen LogP contribution in [0, 0.1) is 27.7 Å². The third-order valence-electron chi connectivity index (χ3n) is 13.1. The van der Waals surface area contributed by atoms with Crippen LogP contribution < -0.4 is 22.2 Å². The van der Waals surface area contributed by atoms with E-state index >= 15 is 19.2 Å². The lowest BCUT2D eigenvalue weighted by Gasteiger charge is -2.20. The highest BCUT2D eigenvalue weighted by Crippen LogP contribution is 2.39. The third kappa shape index (κ3) is 6.89. The van der Waals surface area contributed by atoms with Crippen molar-refractivity contribution in [3.05, 3.63) is 219 Å². The normalized spacial score (nSPS) is 12.1. The van der Waals surface area contributed by atoms with Gasteiger partial charge in [0.05, 0.1) is 63.1 Å². The van der Waals surface area contributed by atoms with Gasteiger partial charge in [0.1, 0.15) is 0 Å². The van der Waals surface area contributed by atoms with Gasteiger partial charge >= 0.3 is 0 Å². The zero-order valence-electron chi connectivity index (χ0n) is 38.5. The maximum Gasteiger partial charge on any atom is 0.277 e. The number of hydrogen-bond acceptors (Lipinski definition) is 12. The second-order valence-corrected chi connectivity index (χ2v) is 21.6. The number of benzene rings is 5. The zero-order valence-corrected chi connectivity index (χ0v) is 41.8. The molecule has 0 aliphatic carbocycles. The minimum Gasteiger partial charge on any atom is -0.293 e. The minimum absolute atomic E-state index is 0.325. The predicted molar refractivity (Wildman–Crippen MR) is 286 cm³/mol. The van der Waals surface area contributed by atoms with Crippen LogP contribution in [0.3, 0.4) is 0 Å². The van der Waals surface area contributed by atoms with Gasteiger partial charge in [-0.2, -0.15) is 18.7 Å². The fraction of sp³-hybridized carbons (Fsp3) is 0.115. The van der Waals surface area contributed by atoms with Crippen LogP contribution in [0.1, 0.15) is 68.0 Å². The molecular weight excluding hydrogens is 985 g/mol. The van der Waals surface area contributed by atoms with E-state index in [4.69, 9.17) is 19.9 Å². The molecule has 0 amide bonds. The molecule has 0 saturated heterocycles. The van der Waals surface area contributed by atoms with Gasteiger partial charge in [-0.05, 0) is 87.4 Å². The van der Waals surface area contributed by atoms with E-state index in [0.717, 1.165) is 40.9 Å². The summed E-state index contributed by atoms with van der Waals surface area (Å²) in [5, 5.41) is 15.0. The second kappa shape index (κ2) is 16.7. The number of aromatic amines is 4. The number of fused-ring (bicyclic) bond motifs is 4. The van der Waals surface area contributed by atoms with Gasteiger partial charge in [-0.1, -0.05) is 118 Å². The lowest BCUT2D eigenvalue weighted by molar-refractivity contribution is 0.823. The van der Waals surface area contributed by atoms with Crippen molar-refractivity contribution < 1.29 is 0 Å². The smallest absolute Gasteiger partial charge is 0.277 e. The Bertz CT molecular complexity index is 3880. The van der Waals surface area contributed by atoms with Crippen molar-refractivity contribution in [3.8, 4) is 20.5 Å². The van der Waals surface area contributed by atoms with Crippen LogP contribution in [0.5, 0.6) is 0 Å². The molecule has 354 valence electrons. The van der Waals surface area contributed by atoms with E-state index in [1.54, 1.807) is 0 Å². The summed E-state index contributed by atoms with van der Waals surface area (Å²) in [7, 11) is 0. The Kier molecular flexibility index (Phi) is 10.1. The van der Waals surface area contributed by atoms with E-state index in [0.29, 0.717) is 76.7 Å². The van der Waals surface area contributed by atoms with Gasteiger partial charge < -0.3 is 0 Å². The molecule has 0 bridgehead atoms. The van der Waals surface area contributed by atoms with Crippen molar-refractivity contribution in [1.29, 1.82) is 0 Å². The molecule has 0 fully saturated rings. The molecule has 13 aromatic rings. The molecule has 8 aromatic heterocycles. The molecule has 8 heterocycles. The number of H-pyrrole nitrogens is 4. The van der Waals surface area contributed by atoms with Gasteiger partial charge in [-0.25, -0.2) is 19.9 Å². The average molecular weight is 1020 g/mol. The van der Waals surface area contributed by atoms with E-state index < -0.39 is 11.8 Å². The van der Waals surface area contributed by atoms with Crippen molar-refractivity contribution in [2.24, 2.45) is 0 Å². The Balaban J connectivity index is 1.04. The first-order valence-corrected chi connectivity index (χ1v) is 26.1. The number of rotatable bonds is 10. The van der Waals surface area contributed by atoms with E-state index in [1.165, 1.54) is 64.1 Å². The number of nitrogens with zero attached hydrogens (tertiary/aromatic N) is 8. The molecule has 4 N–H and O–H groups in total. The second-order valence-electron chi connectivity index (χ2n) is 17.6. The van der Waals surface area contributed by atoms with Gasteiger partial charge in [-0.15, -0.1) is 0 Å². The summed E-state index contributed by atoms with van der Waals surface area (Å²) in [6.45, 7) is 7.26. The summed E-state index contributed by atoms with van der Waals surface area (Å²) >= 11 is 5.50. The lowest BCUT2D eigenvalue weighted by Crippen LogP contribution is -2.26. The molecular formula is C52H38N12O4S4. The Labute approximate surface area is 421 Å². The van der Waals surface area contributed by atoms with Gasteiger partial charge in [0, 0.05) is 34.6 Å². The highest BCUT2D eigenvalue weighted by molar-refractivity contribution is 7.21. The summed E-state index contributed by atoms with van der Waals surface area (Å²) in [6.07, 6.45) is 0. The first-order chi connectivity index (χ1) is 35.0. The number of aryl methyl sites for hydroxylation is 4. The lowest BCUT2D eigenvalue weighted by atomic mass is 9.80. The van der Waals surface area contributed by atoms with Crippen LogP contribution in [0.15, 0.2) is 141 Å². The van der Waals surface area contributed by atoms with Crippen molar-refractivity contribution in [3.63, 3.8) is 0 Å². The molecule has 0 saturated carbocycles. The van der Waals surface area contributed by atoms with Crippen LogP contribution >= 0.6 is 45.3 Å². The first-order valence-electron chi connectivity index (χ1n) is 22.8. The summed E-state index contributed by atoms with van der Waals surface area (Å²) in [6, 6.07) is 38.2. The molecule has 0 unspecified atom stereocenters. The Morgan fingerprint density at radius 2 is 0.611 bits per heavy atom. The van der Waals surface area contributed by atoms with Crippen LogP contribution in [-0.4, -0.2) is 59.1 Å². The van der Waals surface area contributed by atoms with E-state index in [2.05, 4.69) is 20.4 Å². The number of aromatic nitrogens is 12. The van der Waals surface area contributed by atoms with Gasteiger partial charge in [0.25, 0.3) is 22.2 Å². The molecule has 13 rings (SSSR count).